The van der Waals surface area contributed by atoms with Crippen LogP contribution in [0.1, 0.15) is 27.4 Å². The molecule has 0 atom stereocenters. The second kappa shape index (κ2) is 6.19. The molecule has 2 rings (SSSR count). The molecule has 6 heteroatoms. The number of hydrogen-bond donors (Lipinski definition) is 2. The Kier molecular flexibility index (Phi) is 4.57. The van der Waals surface area contributed by atoms with E-state index >= 15 is 0 Å². The first-order chi connectivity index (χ1) is 9.47. The number of furan rings is 1. The number of nitrogens with one attached hydrogen (secondary N) is 1. The Balaban J connectivity index is 1.98. The van der Waals surface area contributed by atoms with E-state index in [9.17, 15) is 9.18 Å². The summed E-state index contributed by atoms with van der Waals surface area (Å²) in [7, 11) is 0. The number of hydrogen-bond acceptors (Lipinski definition) is 3. The van der Waals surface area contributed by atoms with Crippen LogP contribution in [0.2, 0.25) is 0 Å². The summed E-state index contributed by atoms with van der Waals surface area (Å²) in [5, 5.41) is 12.0. The third-order valence-electron chi connectivity index (χ3n) is 2.82. The van der Waals surface area contributed by atoms with Crippen molar-refractivity contribution in [2.24, 2.45) is 0 Å². The van der Waals surface area contributed by atoms with Crippen molar-refractivity contribution in [1.29, 1.82) is 0 Å². The molecular weight excluding hydrogens is 329 g/mol. The van der Waals surface area contributed by atoms with Gasteiger partial charge in [-0.2, -0.15) is 0 Å². The molecule has 20 heavy (non-hydrogen) atoms. The minimum Gasteiger partial charge on any atom is -0.478 e. The summed E-state index contributed by atoms with van der Waals surface area (Å²) in [6.07, 6.45) is 0. The lowest BCUT2D eigenvalue weighted by atomic mass is 10.2. The Morgan fingerprint density at radius 2 is 2.15 bits per heavy atom. The van der Waals surface area contributed by atoms with E-state index in [1.807, 2.05) is 0 Å². The molecule has 0 fully saturated rings. The van der Waals surface area contributed by atoms with Gasteiger partial charge in [0.05, 0.1) is 6.54 Å². The van der Waals surface area contributed by atoms with Gasteiger partial charge in [0.15, 0.2) is 0 Å². The molecule has 2 N–H and O–H groups in total. The number of carboxylic acid groups (broad SMARTS) is 1. The van der Waals surface area contributed by atoms with E-state index in [0.29, 0.717) is 24.6 Å². The summed E-state index contributed by atoms with van der Waals surface area (Å²) in [6.45, 7) is 2.42. The van der Waals surface area contributed by atoms with Gasteiger partial charge in [-0.3, -0.25) is 0 Å². The van der Waals surface area contributed by atoms with Crippen molar-refractivity contribution in [2.75, 3.05) is 0 Å². The lowest BCUT2D eigenvalue weighted by molar-refractivity contribution is 0.0695. The molecule has 0 aliphatic carbocycles. The summed E-state index contributed by atoms with van der Waals surface area (Å²) < 4.78 is 19.3. The van der Waals surface area contributed by atoms with Crippen LogP contribution in [-0.4, -0.2) is 11.1 Å². The zero-order chi connectivity index (χ0) is 14.7. The molecule has 0 amide bonds. The van der Waals surface area contributed by atoms with Gasteiger partial charge in [0, 0.05) is 11.0 Å². The summed E-state index contributed by atoms with van der Waals surface area (Å²) in [6, 6.07) is 5.95. The Bertz CT molecular complexity index is 639. The van der Waals surface area contributed by atoms with Gasteiger partial charge in [0.2, 0.25) is 0 Å². The normalized spacial score (nSPS) is 10.8. The first kappa shape index (κ1) is 14.7. The zero-order valence-electron chi connectivity index (χ0n) is 10.7. The van der Waals surface area contributed by atoms with Crippen molar-refractivity contribution in [2.45, 2.75) is 20.0 Å². The lowest BCUT2D eigenvalue weighted by Gasteiger charge is -2.05. The van der Waals surface area contributed by atoms with Gasteiger partial charge in [-0.15, -0.1) is 0 Å². The summed E-state index contributed by atoms with van der Waals surface area (Å²) >= 11 is 3.34. The maximum atomic E-state index is 13.1. The van der Waals surface area contributed by atoms with Crippen molar-refractivity contribution in [3.8, 4) is 0 Å². The van der Waals surface area contributed by atoms with E-state index in [2.05, 4.69) is 21.2 Å². The summed E-state index contributed by atoms with van der Waals surface area (Å²) in [4.78, 5) is 10.9. The van der Waals surface area contributed by atoms with Crippen LogP contribution in [0.3, 0.4) is 0 Å². The number of aryl methyl sites for hydroxylation is 1. The van der Waals surface area contributed by atoms with Crippen LogP contribution in [0.4, 0.5) is 4.39 Å². The SMILES string of the molecule is Cc1oc(CNCc2cc(F)ccc2Br)cc1C(=O)O. The molecule has 1 aromatic heterocycles. The van der Waals surface area contributed by atoms with Gasteiger partial charge >= 0.3 is 5.97 Å². The quantitative estimate of drug-likeness (QED) is 0.873. The maximum Gasteiger partial charge on any atom is 0.339 e. The molecule has 0 saturated carbocycles. The monoisotopic (exact) mass is 341 g/mol. The number of rotatable bonds is 5. The Labute approximate surface area is 123 Å². The van der Waals surface area contributed by atoms with Crippen LogP contribution in [0, 0.1) is 12.7 Å². The van der Waals surface area contributed by atoms with Gasteiger partial charge < -0.3 is 14.8 Å². The largest absolute Gasteiger partial charge is 0.478 e. The smallest absolute Gasteiger partial charge is 0.339 e. The number of halogens is 2. The molecule has 0 unspecified atom stereocenters. The van der Waals surface area contributed by atoms with Crippen LogP contribution < -0.4 is 5.32 Å². The molecule has 1 aromatic carbocycles. The fourth-order valence-electron chi connectivity index (χ4n) is 1.84. The third kappa shape index (κ3) is 3.46. The molecular formula is C14H13BrFNO3. The van der Waals surface area contributed by atoms with Crippen molar-refractivity contribution < 1.29 is 18.7 Å². The van der Waals surface area contributed by atoms with E-state index in [4.69, 9.17) is 9.52 Å². The van der Waals surface area contributed by atoms with E-state index < -0.39 is 5.97 Å². The van der Waals surface area contributed by atoms with E-state index in [1.165, 1.54) is 18.2 Å². The molecule has 106 valence electrons. The van der Waals surface area contributed by atoms with Crippen LogP contribution in [-0.2, 0) is 13.1 Å². The highest BCUT2D eigenvalue weighted by atomic mass is 79.9. The molecule has 0 bridgehead atoms. The van der Waals surface area contributed by atoms with Crippen molar-refractivity contribution >= 4 is 21.9 Å². The zero-order valence-corrected chi connectivity index (χ0v) is 12.3. The first-order valence-corrected chi connectivity index (χ1v) is 6.74. The maximum absolute atomic E-state index is 13.1. The number of carboxylic acids is 1. The second-order valence-electron chi connectivity index (χ2n) is 4.33. The fraction of sp³-hybridized carbons (Fsp3) is 0.214. The minimum atomic E-state index is -1.01. The molecule has 0 aliphatic heterocycles. The van der Waals surface area contributed by atoms with Gasteiger partial charge in [-0.25, -0.2) is 9.18 Å². The second-order valence-corrected chi connectivity index (χ2v) is 5.18. The van der Waals surface area contributed by atoms with Gasteiger partial charge in [0.1, 0.15) is 22.9 Å². The van der Waals surface area contributed by atoms with Crippen LogP contribution >= 0.6 is 15.9 Å². The van der Waals surface area contributed by atoms with Crippen molar-refractivity contribution in [3.63, 3.8) is 0 Å². The highest BCUT2D eigenvalue weighted by molar-refractivity contribution is 9.10. The van der Waals surface area contributed by atoms with Gasteiger partial charge in [0.25, 0.3) is 0 Å². The van der Waals surface area contributed by atoms with Crippen LogP contribution in [0.15, 0.2) is 33.2 Å². The topological polar surface area (TPSA) is 62.5 Å². The van der Waals surface area contributed by atoms with Gasteiger partial charge in [-0.05, 0) is 36.8 Å². The predicted molar refractivity (Wildman–Crippen MR) is 75.0 cm³/mol. The fourth-order valence-corrected chi connectivity index (χ4v) is 2.23. The Morgan fingerprint density at radius 1 is 1.40 bits per heavy atom. The van der Waals surface area contributed by atoms with Crippen molar-refractivity contribution in [1.82, 2.24) is 5.32 Å². The molecule has 0 saturated heterocycles. The average Bonchev–Trinajstić information content (AvgIpc) is 2.75. The van der Waals surface area contributed by atoms with E-state index in [1.54, 1.807) is 13.0 Å². The first-order valence-electron chi connectivity index (χ1n) is 5.94. The molecule has 2 aromatic rings. The predicted octanol–water partition coefficient (Wildman–Crippen LogP) is 3.48. The standard InChI is InChI=1S/C14H13BrFNO3/c1-8-12(14(18)19)5-11(20-8)7-17-6-9-4-10(16)2-3-13(9)15/h2-5,17H,6-7H2,1H3,(H,18,19). The molecule has 0 aliphatic rings. The summed E-state index contributed by atoms with van der Waals surface area (Å²) in [5.41, 5.74) is 0.945. The van der Waals surface area contributed by atoms with Crippen LogP contribution in [0.25, 0.3) is 0 Å². The number of benzene rings is 1. The highest BCUT2D eigenvalue weighted by Crippen LogP contribution is 2.18. The Hall–Kier alpha value is -1.66. The number of carbonyl (C=O) groups is 1. The average molecular weight is 342 g/mol. The number of aromatic carboxylic acids is 1. The highest BCUT2D eigenvalue weighted by Gasteiger charge is 2.13. The third-order valence-corrected chi connectivity index (χ3v) is 3.60. The molecule has 0 spiro atoms. The van der Waals surface area contributed by atoms with E-state index in [-0.39, 0.29) is 11.4 Å². The minimum absolute atomic E-state index is 0.161. The summed E-state index contributed by atoms with van der Waals surface area (Å²) in [5.74, 6) is -0.397. The van der Waals surface area contributed by atoms with Crippen LogP contribution in [0.5, 0.6) is 0 Å². The van der Waals surface area contributed by atoms with Gasteiger partial charge in [-0.1, -0.05) is 15.9 Å². The van der Waals surface area contributed by atoms with E-state index in [0.717, 1.165) is 10.0 Å². The molecule has 0 radical (unpaired) electrons. The molecule has 4 nitrogen and oxygen atoms in total. The Morgan fingerprint density at radius 3 is 2.80 bits per heavy atom. The molecule has 1 heterocycles. The lowest BCUT2D eigenvalue weighted by Crippen LogP contribution is -2.12. The van der Waals surface area contributed by atoms with Crippen molar-refractivity contribution in [3.05, 3.63) is 57.2 Å².